The normalized spacial score (nSPS) is 12.0. The summed E-state index contributed by atoms with van der Waals surface area (Å²) in [5.74, 6) is 0. The minimum Gasteiger partial charge on any atom is -0.453 e. The van der Waals surface area contributed by atoms with Crippen LogP contribution in [0.1, 0.15) is 0 Å². The van der Waals surface area contributed by atoms with E-state index in [1.807, 2.05) is 18.2 Å². The molecule has 0 spiro atoms. The van der Waals surface area contributed by atoms with E-state index in [2.05, 4.69) is 44.2 Å². The summed E-state index contributed by atoms with van der Waals surface area (Å²) < 4.78 is 12.2. The van der Waals surface area contributed by atoms with Crippen LogP contribution >= 0.6 is 0 Å². The fourth-order valence-electron chi connectivity index (χ4n) is 3.18. The van der Waals surface area contributed by atoms with E-state index in [0.717, 1.165) is 49.3 Å². The molecule has 0 aliphatic carbocycles. The van der Waals surface area contributed by atoms with Gasteiger partial charge in [0.2, 0.25) is 0 Å². The van der Waals surface area contributed by atoms with E-state index < -0.39 is 0 Å². The summed E-state index contributed by atoms with van der Waals surface area (Å²) in [6.07, 6.45) is 0. The summed E-state index contributed by atoms with van der Waals surface area (Å²) in [6.45, 7) is 0. The summed E-state index contributed by atoms with van der Waals surface area (Å²) in [7, 11) is 2.07. The largest absolute Gasteiger partial charge is 0.453 e. The van der Waals surface area contributed by atoms with Crippen LogP contribution in [0.5, 0.6) is 0 Å². The molecule has 0 fully saturated rings. The lowest BCUT2D eigenvalue weighted by atomic mass is 9.94. The Balaban J connectivity index is 2.09. The van der Waals surface area contributed by atoms with Gasteiger partial charge in [-0.1, -0.05) is 36.4 Å². The number of fused-ring (bicyclic) bond motifs is 7. The third kappa shape index (κ3) is 1.33. The van der Waals surface area contributed by atoms with E-state index in [4.69, 9.17) is 8.83 Å². The topological polar surface area (TPSA) is 26.3 Å². The first-order valence-electron chi connectivity index (χ1n) is 7.05. The lowest BCUT2D eigenvalue weighted by Crippen LogP contribution is -2.00. The first-order valence-corrected chi connectivity index (χ1v) is 7.05. The van der Waals surface area contributed by atoms with E-state index in [9.17, 15) is 0 Å². The van der Waals surface area contributed by atoms with Crippen molar-refractivity contribution >= 4 is 57.2 Å². The predicted molar refractivity (Wildman–Crippen MR) is 89.2 cm³/mol. The summed E-state index contributed by atoms with van der Waals surface area (Å²) in [5.41, 5.74) is 4.67. The lowest BCUT2D eigenvalue weighted by molar-refractivity contribution is 0.634. The van der Waals surface area contributed by atoms with Gasteiger partial charge >= 0.3 is 0 Å². The Bertz CT molecular complexity index is 1150. The zero-order valence-corrected chi connectivity index (χ0v) is 11.5. The maximum absolute atomic E-state index is 6.13. The maximum atomic E-state index is 6.13. The van der Waals surface area contributed by atoms with Gasteiger partial charge in [0.05, 0.1) is 0 Å². The molecule has 0 aliphatic rings. The van der Waals surface area contributed by atoms with Crippen LogP contribution in [0, 0.1) is 0 Å². The van der Waals surface area contributed by atoms with Crippen molar-refractivity contribution in [2.24, 2.45) is 0 Å². The molecule has 0 unspecified atom stereocenters. The third-order valence-electron chi connectivity index (χ3n) is 4.21. The van der Waals surface area contributed by atoms with Crippen LogP contribution in [0.2, 0.25) is 0 Å². The Hall–Kier alpha value is -2.68. The van der Waals surface area contributed by atoms with Gasteiger partial charge in [0, 0.05) is 21.5 Å². The molecule has 0 radical (unpaired) electrons. The second kappa shape index (κ2) is 3.70. The van der Waals surface area contributed by atoms with E-state index in [1.165, 1.54) is 0 Å². The average molecular weight is 270 g/mol. The number of hydrogen-bond donors (Lipinski definition) is 0. The lowest BCUT2D eigenvalue weighted by Gasteiger charge is -1.92. The molecule has 98 valence electrons. The molecule has 21 heavy (non-hydrogen) atoms. The van der Waals surface area contributed by atoms with Crippen LogP contribution in [0.3, 0.4) is 0 Å². The van der Waals surface area contributed by atoms with Gasteiger partial charge in [-0.25, -0.2) is 0 Å². The van der Waals surface area contributed by atoms with Crippen LogP contribution in [0.15, 0.2) is 63.4 Å². The third-order valence-corrected chi connectivity index (χ3v) is 4.21. The van der Waals surface area contributed by atoms with Gasteiger partial charge in [-0.15, -0.1) is 0 Å². The SMILES string of the molecule is Bc1cccc2c1oc1c2ccc2c3ccccc3oc21. The Morgan fingerprint density at radius 1 is 0.571 bits per heavy atom. The Kier molecular flexibility index (Phi) is 1.94. The van der Waals surface area contributed by atoms with Crippen LogP contribution in [0.4, 0.5) is 0 Å². The number of benzene rings is 3. The van der Waals surface area contributed by atoms with Crippen molar-refractivity contribution in [2.45, 2.75) is 0 Å². The molecular weight excluding hydrogens is 259 g/mol. The number of furan rings is 2. The van der Waals surface area contributed by atoms with Gasteiger partial charge in [-0.2, -0.15) is 0 Å². The van der Waals surface area contributed by atoms with Crippen LogP contribution in [-0.2, 0) is 0 Å². The molecule has 2 aromatic heterocycles. The molecule has 0 bridgehead atoms. The molecule has 2 nitrogen and oxygen atoms in total. The summed E-state index contributed by atoms with van der Waals surface area (Å²) in [5, 5.41) is 4.49. The number of para-hydroxylation sites is 2. The molecule has 0 N–H and O–H groups in total. The zero-order valence-electron chi connectivity index (χ0n) is 11.5. The van der Waals surface area contributed by atoms with Crippen LogP contribution in [0.25, 0.3) is 43.9 Å². The first-order chi connectivity index (χ1) is 10.3. The fourth-order valence-corrected chi connectivity index (χ4v) is 3.18. The highest BCUT2D eigenvalue weighted by Crippen LogP contribution is 2.37. The van der Waals surface area contributed by atoms with Crippen molar-refractivity contribution in [2.75, 3.05) is 0 Å². The molecule has 0 saturated carbocycles. The summed E-state index contributed by atoms with van der Waals surface area (Å²) in [4.78, 5) is 0. The molecule has 0 saturated heterocycles. The van der Waals surface area contributed by atoms with Gasteiger partial charge < -0.3 is 8.83 Å². The minimum absolute atomic E-state index is 0.837. The van der Waals surface area contributed by atoms with Crippen molar-refractivity contribution in [1.29, 1.82) is 0 Å². The standard InChI is InChI=1S/C18H11BO2/c19-14-6-3-5-11-13-9-8-12-10-4-1-2-7-15(10)20-17(12)18(13)21-16(11)14/h1-9H,19H2. The van der Waals surface area contributed by atoms with Gasteiger partial charge in [-0.3, -0.25) is 0 Å². The van der Waals surface area contributed by atoms with Gasteiger partial charge in [0.1, 0.15) is 19.0 Å². The summed E-state index contributed by atoms with van der Waals surface area (Å²) >= 11 is 0. The predicted octanol–water partition coefficient (Wildman–Crippen LogP) is 3.74. The van der Waals surface area contributed by atoms with Crippen molar-refractivity contribution in [3.63, 3.8) is 0 Å². The molecule has 0 amide bonds. The molecule has 3 aromatic carbocycles. The highest BCUT2D eigenvalue weighted by Gasteiger charge is 2.15. The maximum Gasteiger partial charge on any atom is 0.178 e. The van der Waals surface area contributed by atoms with E-state index in [-0.39, 0.29) is 0 Å². The molecule has 0 atom stereocenters. The van der Waals surface area contributed by atoms with E-state index in [1.54, 1.807) is 0 Å². The molecule has 3 heteroatoms. The molecular formula is C18H11BO2. The highest BCUT2D eigenvalue weighted by molar-refractivity contribution is 6.39. The van der Waals surface area contributed by atoms with Crippen molar-refractivity contribution < 1.29 is 8.83 Å². The van der Waals surface area contributed by atoms with Gasteiger partial charge in [0.25, 0.3) is 0 Å². The fraction of sp³-hybridized carbons (Fsp3) is 0. The Morgan fingerprint density at radius 2 is 1.24 bits per heavy atom. The quantitative estimate of drug-likeness (QED) is 0.401. The monoisotopic (exact) mass is 270 g/mol. The van der Waals surface area contributed by atoms with Crippen molar-refractivity contribution in [1.82, 2.24) is 0 Å². The molecule has 0 aliphatic heterocycles. The summed E-state index contributed by atoms with van der Waals surface area (Å²) in [6, 6.07) is 18.6. The molecule has 5 rings (SSSR count). The van der Waals surface area contributed by atoms with Gasteiger partial charge in [-0.05, 0) is 23.7 Å². The second-order valence-electron chi connectivity index (χ2n) is 5.47. The second-order valence-corrected chi connectivity index (χ2v) is 5.47. The van der Waals surface area contributed by atoms with Crippen LogP contribution < -0.4 is 5.46 Å². The Labute approximate surface area is 121 Å². The smallest absolute Gasteiger partial charge is 0.178 e. The zero-order chi connectivity index (χ0) is 14.0. The van der Waals surface area contributed by atoms with Crippen molar-refractivity contribution in [3.8, 4) is 0 Å². The van der Waals surface area contributed by atoms with Crippen LogP contribution in [-0.4, -0.2) is 7.85 Å². The first kappa shape index (κ1) is 11.0. The molecule has 2 heterocycles. The van der Waals surface area contributed by atoms with Gasteiger partial charge in [0.15, 0.2) is 11.2 Å². The highest BCUT2D eigenvalue weighted by atomic mass is 16.4. The number of rotatable bonds is 0. The average Bonchev–Trinajstić information content (AvgIpc) is 3.06. The van der Waals surface area contributed by atoms with E-state index in [0.29, 0.717) is 0 Å². The minimum atomic E-state index is 0.837. The molecule has 5 aromatic rings. The Morgan fingerprint density at radius 3 is 2.14 bits per heavy atom. The van der Waals surface area contributed by atoms with E-state index >= 15 is 0 Å². The van der Waals surface area contributed by atoms with Crippen molar-refractivity contribution in [3.05, 3.63) is 54.6 Å². The number of hydrogen-bond acceptors (Lipinski definition) is 2.